The van der Waals surface area contributed by atoms with Crippen molar-refractivity contribution in [1.82, 2.24) is 10.2 Å². The van der Waals surface area contributed by atoms with Gasteiger partial charge in [0.15, 0.2) is 0 Å². The van der Waals surface area contributed by atoms with E-state index in [0.717, 1.165) is 38.5 Å². The third-order valence-corrected chi connectivity index (χ3v) is 6.60. The molecule has 3 fully saturated rings. The fraction of sp³-hybridized carbons (Fsp3) is 0.800. The van der Waals surface area contributed by atoms with Crippen LogP contribution in [-0.4, -0.2) is 40.3 Å². The molecule has 2 saturated carbocycles. The van der Waals surface area contributed by atoms with Gasteiger partial charge in [0, 0.05) is 11.3 Å². The number of hydrogen-bond acceptors (Lipinski definition) is 4. The van der Waals surface area contributed by atoms with Crippen LogP contribution in [0.2, 0.25) is 0 Å². The van der Waals surface area contributed by atoms with Crippen LogP contribution < -0.4 is 5.32 Å². The Bertz CT molecular complexity index is 479. The summed E-state index contributed by atoms with van der Waals surface area (Å²) in [6.07, 6.45) is 9.13. The molecule has 0 radical (unpaired) electrons. The lowest BCUT2D eigenvalue weighted by Gasteiger charge is -2.40. The molecule has 116 valence electrons. The van der Waals surface area contributed by atoms with Gasteiger partial charge in [0.2, 0.25) is 11.8 Å². The van der Waals surface area contributed by atoms with Gasteiger partial charge in [-0.25, -0.2) is 4.79 Å². The Labute approximate surface area is 129 Å². The third kappa shape index (κ3) is 2.47. The number of barbiturate groups is 1. The van der Waals surface area contributed by atoms with Gasteiger partial charge in [0.25, 0.3) is 0 Å². The van der Waals surface area contributed by atoms with E-state index in [4.69, 9.17) is 0 Å². The summed E-state index contributed by atoms with van der Waals surface area (Å²) < 4.78 is 0.0271. The van der Waals surface area contributed by atoms with Crippen molar-refractivity contribution in [3.63, 3.8) is 0 Å². The largest absolute Gasteiger partial charge is 0.330 e. The van der Waals surface area contributed by atoms with Gasteiger partial charge >= 0.3 is 6.03 Å². The second-order valence-electron chi connectivity index (χ2n) is 6.53. The third-order valence-electron chi connectivity index (χ3n) is 5.20. The van der Waals surface area contributed by atoms with Crippen LogP contribution in [0, 0.1) is 5.41 Å². The first-order chi connectivity index (χ1) is 10.0. The van der Waals surface area contributed by atoms with Crippen molar-refractivity contribution in [3.05, 3.63) is 0 Å². The number of hydrogen-bond donors (Lipinski definition) is 1. The molecule has 6 heteroatoms. The number of amides is 4. The summed E-state index contributed by atoms with van der Waals surface area (Å²) in [7, 11) is 0. The molecule has 1 N–H and O–H groups in total. The summed E-state index contributed by atoms with van der Waals surface area (Å²) in [5.41, 5.74) is -0.987. The molecule has 0 aromatic carbocycles. The van der Waals surface area contributed by atoms with Gasteiger partial charge in [-0.1, -0.05) is 25.7 Å². The molecule has 4 amide bonds. The number of rotatable bonds is 3. The molecule has 2 aliphatic carbocycles. The second kappa shape index (κ2) is 5.30. The van der Waals surface area contributed by atoms with Crippen LogP contribution in [0.4, 0.5) is 4.79 Å². The number of nitrogens with zero attached hydrogens (tertiary/aromatic N) is 1. The van der Waals surface area contributed by atoms with E-state index in [1.54, 1.807) is 11.8 Å². The lowest BCUT2D eigenvalue weighted by Crippen LogP contribution is -2.64. The summed E-state index contributed by atoms with van der Waals surface area (Å²) in [6.45, 7) is 0.438. The van der Waals surface area contributed by atoms with Crippen LogP contribution in [0.1, 0.15) is 51.4 Å². The Kier molecular flexibility index (Phi) is 3.76. The Morgan fingerprint density at radius 3 is 2.19 bits per heavy atom. The molecule has 1 spiro atoms. The molecule has 1 saturated heterocycles. The van der Waals surface area contributed by atoms with E-state index in [2.05, 4.69) is 5.32 Å². The highest BCUT2D eigenvalue weighted by molar-refractivity contribution is 8.00. The first-order valence-corrected chi connectivity index (χ1v) is 8.98. The quantitative estimate of drug-likeness (QED) is 0.812. The van der Waals surface area contributed by atoms with E-state index in [9.17, 15) is 14.4 Å². The average Bonchev–Trinajstić information content (AvgIpc) is 3.27. The number of thioether (sulfide) groups is 1. The first-order valence-electron chi connectivity index (χ1n) is 7.76. The molecule has 3 rings (SSSR count). The molecule has 0 atom stereocenters. The zero-order valence-electron chi connectivity index (χ0n) is 12.4. The summed E-state index contributed by atoms with van der Waals surface area (Å²) in [5, 5.41) is 2.44. The van der Waals surface area contributed by atoms with Crippen LogP contribution in [-0.2, 0) is 9.59 Å². The smallest absolute Gasteiger partial charge is 0.277 e. The molecule has 0 bridgehead atoms. The minimum atomic E-state index is -0.987. The molecule has 5 nitrogen and oxygen atoms in total. The fourth-order valence-electron chi connectivity index (χ4n) is 3.50. The van der Waals surface area contributed by atoms with Crippen molar-refractivity contribution in [2.75, 3.05) is 12.8 Å². The lowest BCUT2D eigenvalue weighted by atomic mass is 9.77. The van der Waals surface area contributed by atoms with Crippen LogP contribution in [0.3, 0.4) is 0 Å². The molecule has 0 unspecified atom stereocenters. The standard InChI is InChI=1S/C15H22N2O3S/c1-21-14(8-9-14)10-17-12(19)15(11(18)16-13(17)20)6-4-2-3-5-7-15/h2-10H2,1H3,(H,16,18,20). The molecule has 1 heterocycles. The highest BCUT2D eigenvalue weighted by atomic mass is 32.2. The molecular weight excluding hydrogens is 288 g/mol. The summed E-state index contributed by atoms with van der Waals surface area (Å²) in [4.78, 5) is 38.7. The van der Waals surface area contributed by atoms with Crippen molar-refractivity contribution in [1.29, 1.82) is 0 Å². The molecule has 1 aliphatic heterocycles. The molecule has 21 heavy (non-hydrogen) atoms. The maximum absolute atomic E-state index is 12.9. The zero-order valence-corrected chi connectivity index (χ0v) is 13.3. The monoisotopic (exact) mass is 310 g/mol. The number of urea groups is 1. The molecule has 0 aromatic heterocycles. The van der Waals surface area contributed by atoms with Crippen molar-refractivity contribution in [3.8, 4) is 0 Å². The zero-order chi connectivity index (χ0) is 15.1. The highest BCUT2D eigenvalue weighted by Crippen LogP contribution is 2.49. The minimum absolute atomic E-state index is 0.0271. The van der Waals surface area contributed by atoms with Crippen molar-refractivity contribution >= 4 is 29.6 Å². The Balaban J connectivity index is 1.85. The predicted octanol–water partition coefficient (Wildman–Crippen LogP) is 2.30. The molecule has 0 aromatic rings. The topological polar surface area (TPSA) is 66.5 Å². The van der Waals surface area contributed by atoms with E-state index in [1.807, 2.05) is 6.26 Å². The minimum Gasteiger partial charge on any atom is -0.277 e. The predicted molar refractivity (Wildman–Crippen MR) is 80.9 cm³/mol. The fourth-order valence-corrected chi connectivity index (χ4v) is 4.27. The van der Waals surface area contributed by atoms with Gasteiger partial charge in [0.05, 0.1) is 0 Å². The lowest BCUT2D eigenvalue weighted by molar-refractivity contribution is -0.152. The summed E-state index contributed by atoms with van der Waals surface area (Å²) >= 11 is 1.72. The first kappa shape index (κ1) is 14.9. The number of carbonyl (C=O) groups is 3. The van der Waals surface area contributed by atoms with E-state index < -0.39 is 11.4 Å². The normalized spacial score (nSPS) is 27.5. The van der Waals surface area contributed by atoms with Crippen molar-refractivity contribution < 1.29 is 14.4 Å². The van der Waals surface area contributed by atoms with Crippen molar-refractivity contribution in [2.24, 2.45) is 5.41 Å². The summed E-state index contributed by atoms with van der Waals surface area (Å²) in [6, 6.07) is -0.528. The second-order valence-corrected chi connectivity index (χ2v) is 7.81. The van der Waals surface area contributed by atoms with E-state index in [0.29, 0.717) is 19.4 Å². The van der Waals surface area contributed by atoms with E-state index in [1.165, 1.54) is 4.90 Å². The number of carbonyl (C=O) groups excluding carboxylic acids is 3. The van der Waals surface area contributed by atoms with Crippen LogP contribution >= 0.6 is 11.8 Å². The average molecular weight is 310 g/mol. The Morgan fingerprint density at radius 2 is 1.67 bits per heavy atom. The van der Waals surface area contributed by atoms with Gasteiger partial charge < -0.3 is 0 Å². The highest BCUT2D eigenvalue weighted by Gasteiger charge is 2.56. The van der Waals surface area contributed by atoms with E-state index >= 15 is 0 Å². The van der Waals surface area contributed by atoms with Gasteiger partial charge in [-0.15, -0.1) is 0 Å². The van der Waals surface area contributed by atoms with E-state index in [-0.39, 0.29) is 16.6 Å². The van der Waals surface area contributed by atoms with Crippen LogP contribution in [0.25, 0.3) is 0 Å². The summed E-state index contributed by atoms with van der Waals surface area (Å²) in [5.74, 6) is -0.622. The van der Waals surface area contributed by atoms with Gasteiger partial charge in [-0.3, -0.25) is 19.8 Å². The maximum atomic E-state index is 12.9. The van der Waals surface area contributed by atoms with Gasteiger partial charge in [-0.05, 0) is 31.9 Å². The number of imide groups is 2. The van der Waals surface area contributed by atoms with Crippen LogP contribution in [0.15, 0.2) is 0 Å². The molecule has 3 aliphatic rings. The Hall–Kier alpha value is -1.04. The van der Waals surface area contributed by atoms with Gasteiger partial charge in [-0.2, -0.15) is 11.8 Å². The SMILES string of the molecule is CSC1(CN2C(=O)NC(=O)C3(CCCCCC3)C2=O)CC1. The van der Waals surface area contributed by atoms with Crippen molar-refractivity contribution in [2.45, 2.75) is 56.1 Å². The van der Waals surface area contributed by atoms with Gasteiger partial charge in [0.1, 0.15) is 5.41 Å². The maximum Gasteiger partial charge on any atom is 0.330 e. The molecular formula is C15H22N2O3S. The number of nitrogens with one attached hydrogen (secondary N) is 1. The Morgan fingerprint density at radius 1 is 1.05 bits per heavy atom. The van der Waals surface area contributed by atoms with Crippen LogP contribution in [0.5, 0.6) is 0 Å².